The fourth-order valence-corrected chi connectivity index (χ4v) is 2.68. The van der Waals surface area contributed by atoms with Crippen molar-refractivity contribution in [2.75, 3.05) is 0 Å². The van der Waals surface area contributed by atoms with Crippen LogP contribution in [0.2, 0.25) is 10.0 Å². The van der Waals surface area contributed by atoms with Crippen LogP contribution in [0.5, 0.6) is 0 Å². The standard InChI is InChI=1S/C20H16Cl2N2O/c1-12-3-4-15(9-13(12)2)20(25)8-6-16-11-19(24-23-16)14-5-7-17(21)18(22)10-14/h3-11H,1-2H3,(H,23,24). The van der Waals surface area contributed by atoms with E-state index in [1.54, 1.807) is 18.2 Å². The third kappa shape index (κ3) is 4.01. The van der Waals surface area contributed by atoms with Crippen molar-refractivity contribution in [3.8, 4) is 11.3 Å². The fraction of sp³-hybridized carbons (Fsp3) is 0.100. The largest absolute Gasteiger partial charge is 0.289 e. The summed E-state index contributed by atoms with van der Waals surface area (Å²) in [6, 6.07) is 12.9. The van der Waals surface area contributed by atoms with Gasteiger partial charge in [-0.1, -0.05) is 41.4 Å². The summed E-state index contributed by atoms with van der Waals surface area (Å²) in [4.78, 5) is 12.3. The van der Waals surface area contributed by atoms with Gasteiger partial charge in [0.25, 0.3) is 0 Å². The van der Waals surface area contributed by atoms with Crippen LogP contribution in [0.1, 0.15) is 27.2 Å². The molecule has 0 aliphatic rings. The minimum absolute atomic E-state index is 0.0474. The van der Waals surface area contributed by atoms with Gasteiger partial charge in [0, 0.05) is 11.1 Å². The van der Waals surface area contributed by atoms with Crippen LogP contribution in [-0.4, -0.2) is 16.0 Å². The molecule has 25 heavy (non-hydrogen) atoms. The second kappa shape index (κ2) is 7.26. The molecule has 2 aromatic carbocycles. The zero-order chi connectivity index (χ0) is 18.0. The number of allylic oxidation sites excluding steroid dienone is 1. The van der Waals surface area contributed by atoms with Crippen LogP contribution in [0.4, 0.5) is 0 Å². The number of aryl methyl sites for hydroxylation is 2. The van der Waals surface area contributed by atoms with Crippen molar-refractivity contribution in [3.05, 3.63) is 81.0 Å². The van der Waals surface area contributed by atoms with Gasteiger partial charge < -0.3 is 0 Å². The Bertz CT molecular complexity index is 974. The number of aromatic nitrogens is 2. The molecule has 3 nitrogen and oxygen atoms in total. The van der Waals surface area contributed by atoms with E-state index in [2.05, 4.69) is 10.2 Å². The molecule has 0 unspecified atom stereocenters. The fourth-order valence-electron chi connectivity index (χ4n) is 2.38. The third-order valence-corrected chi connectivity index (χ3v) is 4.76. The summed E-state index contributed by atoms with van der Waals surface area (Å²) >= 11 is 12.0. The maximum absolute atomic E-state index is 12.3. The van der Waals surface area contributed by atoms with Gasteiger partial charge in [-0.25, -0.2) is 0 Å². The van der Waals surface area contributed by atoms with Gasteiger partial charge in [-0.05, 0) is 61.4 Å². The van der Waals surface area contributed by atoms with Gasteiger partial charge in [0.05, 0.1) is 21.4 Å². The Balaban J connectivity index is 1.78. The summed E-state index contributed by atoms with van der Waals surface area (Å²) in [6.07, 6.45) is 3.25. The molecule has 0 fully saturated rings. The van der Waals surface area contributed by atoms with E-state index in [9.17, 15) is 4.79 Å². The molecule has 5 heteroatoms. The van der Waals surface area contributed by atoms with Crippen molar-refractivity contribution < 1.29 is 4.79 Å². The summed E-state index contributed by atoms with van der Waals surface area (Å²) in [5.74, 6) is -0.0474. The van der Waals surface area contributed by atoms with Crippen LogP contribution >= 0.6 is 23.2 Å². The number of benzene rings is 2. The lowest BCUT2D eigenvalue weighted by Gasteiger charge is -2.01. The maximum Gasteiger partial charge on any atom is 0.185 e. The van der Waals surface area contributed by atoms with Crippen LogP contribution < -0.4 is 0 Å². The summed E-state index contributed by atoms with van der Waals surface area (Å²) in [6.45, 7) is 4.02. The van der Waals surface area contributed by atoms with Gasteiger partial charge >= 0.3 is 0 Å². The number of aromatic amines is 1. The minimum atomic E-state index is -0.0474. The number of rotatable bonds is 4. The molecule has 1 heterocycles. The first kappa shape index (κ1) is 17.5. The second-order valence-electron chi connectivity index (χ2n) is 5.83. The molecule has 0 saturated carbocycles. The number of hydrogen-bond acceptors (Lipinski definition) is 2. The first-order valence-electron chi connectivity index (χ1n) is 7.74. The molecular formula is C20H16Cl2N2O. The molecule has 0 radical (unpaired) electrons. The topological polar surface area (TPSA) is 45.8 Å². The van der Waals surface area contributed by atoms with Gasteiger partial charge in [0.2, 0.25) is 0 Å². The Kier molecular flexibility index (Phi) is 5.07. The van der Waals surface area contributed by atoms with Crippen LogP contribution in [0.25, 0.3) is 17.3 Å². The van der Waals surface area contributed by atoms with Crippen LogP contribution in [0.3, 0.4) is 0 Å². The molecule has 0 amide bonds. The van der Waals surface area contributed by atoms with Crippen LogP contribution in [0, 0.1) is 13.8 Å². The average molecular weight is 371 g/mol. The Morgan fingerprint density at radius 1 is 1.00 bits per heavy atom. The van der Waals surface area contributed by atoms with Gasteiger partial charge in [-0.15, -0.1) is 0 Å². The van der Waals surface area contributed by atoms with Gasteiger partial charge in [0.15, 0.2) is 5.78 Å². The normalized spacial score (nSPS) is 11.2. The quantitative estimate of drug-likeness (QED) is 0.459. The van der Waals surface area contributed by atoms with Crippen molar-refractivity contribution in [2.24, 2.45) is 0 Å². The van der Waals surface area contributed by atoms with E-state index in [1.807, 2.05) is 44.2 Å². The molecule has 0 saturated heterocycles. The monoisotopic (exact) mass is 370 g/mol. The molecule has 0 bridgehead atoms. The van der Waals surface area contributed by atoms with E-state index in [1.165, 1.54) is 11.6 Å². The number of nitrogens with zero attached hydrogens (tertiary/aromatic N) is 1. The number of nitrogens with one attached hydrogen (secondary N) is 1. The Morgan fingerprint density at radius 3 is 2.52 bits per heavy atom. The Morgan fingerprint density at radius 2 is 1.80 bits per heavy atom. The smallest absolute Gasteiger partial charge is 0.185 e. The predicted molar refractivity (Wildman–Crippen MR) is 103 cm³/mol. The Hall–Kier alpha value is -2.36. The first-order chi connectivity index (χ1) is 11.9. The summed E-state index contributed by atoms with van der Waals surface area (Å²) in [7, 11) is 0. The van der Waals surface area contributed by atoms with Gasteiger partial charge in [0.1, 0.15) is 0 Å². The predicted octanol–water partition coefficient (Wildman–Crippen LogP) is 5.90. The van der Waals surface area contributed by atoms with Gasteiger partial charge in [-0.2, -0.15) is 5.10 Å². The zero-order valence-corrected chi connectivity index (χ0v) is 15.3. The molecule has 1 N–H and O–H groups in total. The molecule has 3 aromatic rings. The van der Waals surface area contributed by atoms with Crippen LogP contribution in [-0.2, 0) is 0 Å². The highest BCUT2D eigenvalue weighted by molar-refractivity contribution is 6.42. The van der Waals surface area contributed by atoms with E-state index < -0.39 is 0 Å². The molecular weight excluding hydrogens is 355 g/mol. The summed E-state index contributed by atoms with van der Waals surface area (Å²) in [5.41, 5.74) is 5.26. The van der Waals surface area contributed by atoms with Crippen molar-refractivity contribution in [3.63, 3.8) is 0 Å². The second-order valence-corrected chi connectivity index (χ2v) is 6.65. The molecule has 0 aliphatic carbocycles. The molecule has 1 aromatic heterocycles. The van der Waals surface area contributed by atoms with Crippen molar-refractivity contribution in [1.82, 2.24) is 10.2 Å². The summed E-state index contributed by atoms with van der Waals surface area (Å²) in [5, 5.41) is 8.12. The van der Waals surface area contributed by atoms with Crippen LogP contribution in [0.15, 0.2) is 48.5 Å². The number of carbonyl (C=O) groups excluding carboxylic acids is 1. The van der Waals surface area contributed by atoms with Crippen molar-refractivity contribution in [2.45, 2.75) is 13.8 Å². The lowest BCUT2D eigenvalue weighted by Crippen LogP contribution is -1.95. The molecule has 3 rings (SSSR count). The highest BCUT2D eigenvalue weighted by Gasteiger charge is 2.07. The SMILES string of the molecule is Cc1ccc(C(=O)C=Cc2cc(-c3ccc(Cl)c(Cl)c3)n[nH]2)cc1C. The van der Waals surface area contributed by atoms with E-state index in [4.69, 9.17) is 23.2 Å². The van der Waals surface area contributed by atoms with E-state index >= 15 is 0 Å². The highest BCUT2D eigenvalue weighted by Crippen LogP contribution is 2.27. The summed E-state index contributed by atoms with van der Waals surface area (Å²) < 4.78 is 0. The average Bonchev–Trinajstić information content (AvgIpc) is 3.06. The lowest BCUT2D eigenvalue weighted by molar-refractivity contribution is 0.104. The highest BCUT2D eigenvalue weighted by atomic mass is 35.5. The van der Waals surface area contributed by atoms with Crippen molar-refractivity contribution >= 4 is 35.1 Å². The van der Waals surface area contributed by atoms with E-state index in [-0.39, 0.29) is 5.78 Å². The van der Waals surface area contributed by atoms with E-state index in [0.717, 1.165) is 22.5 Å². The first-order valence-corrected chi connectivity index (χ1v) is 8.50. The molecule has 0 atom stereocenters. The molecule has 126 valence electrons. The lowest BCUT2D eigenvalue weighted by atomic mass is 10.0. The maximum atomic E-state index is 12.3. The number of halogens is 2. The third-order valence-electron chi connectivity index (χ3n) is 4.02. The minimum Gasteiger partial charge on any atom is -0.289 e. The molecule has 0 spiro atoms. The number of H-pyrrole nitrogens is 1. The number of carbonyl (C=O) groups is 1. The Labute approximate surface area is 156 Å². The number of hydrogen-bond donors (Lipinski definition) is 1. The van der Waals surface area contributed by atoms with E-state index in [0.29, 0.717) is 15.6 Å². The molecule has 0 aliphatic heterocycles. The van der Waals surface area contributed by atoms with Crippen molar-refractivity contribution in [1.29, 1.82) is 0 Å². The van der Waals surface area contributed by atoms with Gasteiger partial charge in [-0.3, -0.25) is 9.89 Å². The number of ketones is 1. The zero-order valence-electron chi connectivity index (χ0n) is 13.8.